The van der Waals surface area contributed by atoms with E-state index in [2.05, 4.69) is 10.6 Å². The molecular weight excluding hydrogens is 358 g/mol. The number of amides is 2. The van der Waals surface area contributed by atoms with Crippen LogP contribution in [0, 0.1) is 0 Å². The number of nitrogens with one attached hydrogen (secondary N) is 2. The summed E-state index contributed by atoms with van der Waals surface area (Å²) < 4.78 is 30.1. The molecule has 9 heteroatoms. The molecule has 0 fully saturated rings. The average molecular weight is 379 g/mol. The van der Waals surface area contributed by atoms with E-state index in [0.717, 1.165) is 6.26 Å². The van der Waals surface area contributed by atoms with Crippen LogP contribution in [0.25, 0.3) is 0 Å². The Labute approximate surface area is 152 Å². The Kier molecular flexibility index (Phi) is 6.53. The van der Waals surface area contributed by atoms with Gasteiger partial charge in [0.05, 0.1) is 19.1 Å². The molecule has 1 heterocycles. The van der Waals surface area contributed by atoms with Crippen LogP contribution in [0.5, 0.6) is 0 Å². The van der Waals surface area contributed by atoms with E-state index in [4.69, 9.17) is 4.42 Å². The van der Waals surface area contributed by atoms with E-state index < -0.39 is 10.0 Å². The van der Waals surface area contributed by atoms with Crippen molar-refractivity contribution in [2.45, 2.75) is 19.9 Å². The van der Waals surface area contributed by atoms with Crippen LogP contribution in [0.15, 0.2) is 47.1 Å². The van der Waals surface area contributed by atoms with Crippen LogP contribution in [-0.2, 0) is 26.2 Å². The predicted molar refractivity (Wildman–Crippen MR) is 98.0 cm³/mol. The number of nitrogens with zero attached hydrogens (tertiary/aromatic N) is 1. The van der Waals surface area contributed by atoms with Crippen molar-refractivity contribution in [2.24, 2.45) is 0 Å². The molecule has 0 atom stereocenters. The van der Waals surface area contributed by atoms with Crippen molar-refractivity contribution in [2.75, 3.05) is 23.4 Å². The molecule has 0 aliphatic heterocycles. The second-order valence-electron chi connectivity index (χ2n) is 5.73. The van der Waals surface area contributed by atoms with E-state index in [1.54, 1.807) is 36.4 Å². The van der Waals surface area contributed by atoms with Crippen molar-refractivity contribution in [1.82, 2.24) is 4.31 Å². The standard InChI is InChI=1S/C17H21N3O5S/c1-13(21)18-14-5-7-15(8-6-14)19-17(22)9-10-20(26(2,23)24)12-16-4-3-11-25-16/h3-8,11H,9-10,12H2,1-2H3,(H,18,21)(H,19,22). The fourth-order valence-corrected chi connectivity index (χ4v) is 3.01. The largest absolute Gasteiger partial charge is 0.468 e. The summed E-state index contributed by atoms with van der Waals surface area (Å²) in [5.74, 6) is 0.00831. The minimum absolute atomic E-state index is 0.00122. The van der Waals surface area contributed by atoms with Crippen molar-refractivity contribution in [3.05, 3.63) is 48.4 Å². The third-order valence-electron chi connectivity index (χ3n) is 3.46. The van der Waals surface area contributed by atoms with Gasteiger partial charge < -0.3 is 15.1 Å². The van der Waals surface area contributed by atoms with Gasteiger partial charge in [-0.25, -0.2) is 8.42 Å². The Morgan fingerprint density at radius 3 is 2.19 bits per heavy atom. The van der Waals surface area contributed by atoms with Crippen LogP contribution in [0.2, 0.25) is 0 Å². The molecule has 0 saturated carbocycles. The van der Waals surface area contributed by atoms with Gasteiger partial charge in [-0.15, -0.1) is 0 Å². The summed E-state index contributed by atoms with van der Waals surface area (Å²) in [6.45, 7) is 1.52. The van der Waals surface area contributed by atoms with Crippen molar-refractivity contribution < 1.29 is 22.4 Å². The highest BCUT2D eigenvalue weighted by Crippen LogP contribution is 2.14. The van der Waals surface area contributed by atoms with Crippen molar-refractivity contribution in [1.29, 1.82) is 0 Å². The lowest BCUT2D eigenvalue weighted by Gasteiger charge is -2.18. The molecule has 1 aromatic carbocycles. The molecule has 2 N–H and O–H groups in total. The van der Waals surface area contributed by atoms with Gasteiger partial charge in [0.1, 0.15) is 5.76 Å². The number of hydrogen-bond acceptors (Lipinski definition) is 5. The zero-order valence-corrected chi connectivity index (χ0v) is 15.4. The smallest absolute Gasteiger partial charge is 0.225 e. The summed E-state index contributed by atoms with van der Waals surface area (Å²) >= 11 is 0. The molecule has 8 nitrogen and oxygen atoms in total. The van der Waals surface area contributed by atoms with Gasteiger partial charge in [0.25, 0.3) is 0 Å². The molecule has 0 unspecified atom stereocenters. The molecule has 0 bridgehead atoms. The lowest BCUT2D eigenvalue weighted by Crippen LogP contribution is -2.32. The Morgan fingerprint density at radius 1 is 1.08 bits per heavy atom. The molecule has 140 valence electrons. The Bertz CT molecular complexity index is 845. The van der Waals surface area contributed by atoms with E-state index in [0.29, 0.717) is 17.1 Å². The number of sulfonamides is 1. The van der Waals surface area contributed by atoms with Crippen molar-refractivity contribution in [3.8, 4) is 0 Å². The normalized spacial score (nSPS) is 11.3. The topological polar surface area (TPSA) is 109 Å². The van der Waals surface area contributed by atoms with Crippen LogP contribution in [0.3, 0.4) is 0 Å². The van der Waals surface area contributed by atoms with Crippen LogP contribution < -0.4 is 10.6 Å². The van der Waals surface area contributed by atoms with Gasteiger partial charge in [-0.05, 0) is 36.4 Å². The molecule has 2 rings (SSSR count). The van der Waals surface area contributed by atoms with Gasteiger partial charge in [0, 0.05) is 31.3 Å². The monoisotopic (exact) mass is 379 g/mol. The molecule has 2 aromatic rings. The van der Waals surface area contributed by atoms with E-state index in [1.807, 2.05) is 0 Å². The van der Waals surface area contributed by atoms with E-state index in [9.17, 15) is 18.0 Å². The maximum absolute atomic E-state index is 12.1. The van der Waals surface area contributed by atoms with Crippen LogP contribution in [0.1, 0.15) is 19.1 Å². The molecule has 2 amide bonds. The number of rotatable bonds is 8. The first-order chi connectivity index (χ1) is 12.2. The predicted octanol–water partition coefficient (Wildman–Crippen LogP) is 2.03. The van der Waals surface area contributed by atoms with Crippen molar-refractivity contribution in [3.63, 3.8) is 0 Å². The molecule has 26 heavy (non-hydrogen) atoms. The molecule has 0 aliphatic carbocycles. The van der Waals surface area contributed by atoms with Gasteiger partial charge in [-0.3, -0.25) is 9.59 Å². The first kappa shape index (κ1) is 19.7. The number of carbonyl (C=O) groups excluding carboxylic acids is 2. The fourth-order valence-electron chi connectivity index (χ4n) is 2.23. The third-order valence-corrected chi connectivity index (χ3v) is 4.71. The SMILES string of the molecule is CC(=O)Nc1ccc(NC(=O)CCN(Cc2ccco2)S(C)(=O)=O)cc1. The van der Waals surface area contributed by atoms with E-state index in [-0.39, 0.29) is 31.3 Å². The number of carbonyl (C=O) groups is 2. The van der Waals surface area contributed by atoms with Crippen LogP contribution in [0.4, 0.5) is 11.4 Å². The second kappa shape index (κ2) is 8.63. The lowest BCUT2D eigenvalue weighted by molar-refractivity contribution is -0.116. The lowest BCUT2D eigenvalue weighted by atomic mass is 10.2. The average Bonchev–Trinajstić information content (AvgIpc) is 3.05. The first-order valence-corrected chi connectivity index (χ1v) is 9.74. The molecule has 0 radical (unpaired) electrons. The second-order valence-corrected chi connectivity index (χ2v) is 7.72. The summed E-state index contributed by atoms with van der Waals surface area (Å²) in [6.07, 6.45) is 2.56. The van der Waals surface area contributed by atoms with E-state index in [1.165, 1.54) is 17.5 Å². The third kappa shape index (κ3) is 6.34. The number of benzene rings is 1. The summed E-state index contributed by atoms with van der Waals surface area (Å²) in [6, 6.07) is 9.98. The van der Waals surface area contributed by atoms with Gasteiger partial charge in [-0.1, -0.05) is 0 Å². The molecular formula is C17H21N3O5S. The summed E-state index contributed by atoms with van der Waals surface area (Å²) in [7, 11) is -3.47. The summed E-state index contributed by atoms with van der Waals surface area (Å²) in [5, 5.41) is 5.32. The minimum atomic E-state index is -3.47. The zero-order chi connectivity index (χ0) is 19.2. The first-order valence-electron chi connectivity index (χ1n) is 7.89. The highest BCUT2D eigenvalue weighted by Gasteiger charge is 2.19. The number of furan rings is 1. The number of anilines is 2. The van der Waals surface area contributed by atoms with Gasteiger partial charge >= 0.3 is 0 Å². The highest BCUT2D eigenvalue weighted by atomic mass is 32.2. The number of hydrogen-bond donors (Lipinski definition) is 2. The summed E-state index contributed by atoms with van der Waals surface area (Å²) in [4.78, 5) is 23.1. The summed E-state index contributed by atoms with van der Waals surface area (Å²) in [5.41, 5.74) is 1.18. The minimum Gasteiger partial charge on any atom is -0.468 e. The van der Waals surface area contributed by atoms with Crippen LogP contribution >= 0.6 is 0 Å². The molecule has 1 aromatic heterocycles. The maximum Gasteiger partial charge on any atom is 0.225 e. The maximum atomic E-state index is 12.1. The highest BCUT2D eigenvalue weighted by molar-refractivity contribution is 7.88. The fraction of sp³-hybridized carbons (Fsp3) is 0.294. The molecule has 0 aliphatic rings. The molecule has 0 spiro atoms. The Balaban J connectivity index is 1.90. The van der Waals surface area contributed by atoms with E-state index >= 15 is 0 Å². The van der Waals surface area contributed by atoms with Crippen molar-refractivity contribution >= 4 is 33.2 Å². The Hall–Kier alpha value is -2.65. The van der Waals surface area contributed by atoms with Gasteiger partial charge in [0.15, 0.2) is 0 Å². The quantitative estimate of drug-likeness (QED) is 0.729. The van der Waals surface area contributed by atoms with Gasteiger partial charge in [-0.2, -0.15) is 4.31 Å². The Morgan fingerprint density at radius 2 is 1.69 bits per heavy atom. The van der Waals surface area contributed by atoms with Gasteiger partial charge in [0.2, 0.25) is 21.8 Å². The van der Waals surface area contributed by atoms with Crippen LogP contribution in [-0.4, -0.2) is 37.3 Å². The molecule has 0 saturated heterocycles. The zero-order valence-electron chi connectivity index (χ0n) is 14.6.